The van der Waals surface area contributed by atoms with E-state index < -0.39 is 17.9 Å². The van der Waals surface area contributed by atoms with Crippen molar-refractivity contribution in [2.75, 3.05) is 5.32 Å². The molecule has 0 spiro atoms. The summed E-state index contributed by atoms with van der Waals surface area (Å²) in [7, 11) is 0. The number of fused-ring (bicyclic) bond motifs is 1. The Morgan fingerprint density at radius 3 is 2.41 bits per heavy atom. The highest BCUT2D eigenvalue weighted by atomic mass is 19.1. The van der Waals surface area contributed by atoms with Crippen LogP contribution in [0.4, 0.5) is 10.2 Å². The van der Waals surface area contributed by atoms with Gasteiger partial charge in [0, 0.05) is 10.9 Å². The van der Waals surface area contributed by atoms with Crippen molar-refractivity contribution in [1.82, 2.24) is 10.3 Å². The molecule has 34 heavy (non-hydrogen) atoms. The van der Waals surface area contributed by atoms with Crippen LogP contribution in [0.2, 0.25) is 0 Å². The predicted molar refractivity (Wildman–Crippen MR) is 130 cm³/mol. The van der Waals surface area contributed by atoms with E-state index in [-0.39, 0.29) is 17.3 Å². The lowest BCUT2D eigenvalue weighted by molar-refractivity contribution is -0.138. The second-order valence-electron chi connectivity index (χ2n) is 10.1. The highest BCUT2D eigenvalue weighted by Crippen LogP contribution is 2.51. The number of aromatic nitrogens is 1. The number of benzene rings is 2. The van der Waals surface area contributed by atoms with E-state index in [0.717, 1.165) is 40.7 Å². The third-order valence-corrected chi connectivity index (χ3v) is 6.61. The summed E-state index contributed by atoms with van der Waals surface area (Å²) >= 11 is 0. The molecule has 1 aliphatic carbocycles. The molecule has 2 atom stereocenters. The number of amides is 1. The molecule has 1 fully saturated rings. The van der Waals surface area contributed by atoms with Crippen LogP contribution in [-0.4, -0.2) is 28.0 Å². The van der Waals surface area contributed by atoms with Crippen LogP contribution < -0.4 is 10.6 Å². The summed E-state index contributed by atoms with van der Waals surface area (Å²) < 4.78 is 13.6. The van der Waals surface area contributed by atoms with Crippen LogP contribution in [0.3, 0.4) is 0 Å². The molecule has 6 nitrogen and oxygen atoms in total. The van der Waals surface area contributed by atoms with Crippen molar-refractivity contribution >= 4 is 28.6 Å². The lowest BCUT2D eigenvalue weighted by Gasteiger charge is -2.47. The van der Waals surface area contributed by atoms with Crippen molar-refractivity contribution in [1.29, 1.82) is 0 Å². The molecule has 178 valence electrons. The summed E-state index contributed by atoms with van der Waals surface area (Å²) in [6, 6.07) is 12.8. The van der Waals surface area contributed by atoms with Gasteiger partial charge in [-0.05, 0) is 85.5 Å². The second-order valence-corrected chi connectivity index (χ2v) is 10.1. The fraction of sp³-hybridized carbons (Fsp3) is 0.370. The number of carboxylic acids is 1. The van der Waals surface area contributed by atoms with Gasteiger partial charge in [-0.15, -0.1) is 0 Å². The highest BCUT2D eigenvalue weighted by molar-refractivity contribution is 5.96. The molecule has 0 aliphatic heterocycles. The highest BCUT2D eigenvalue weighted by Gasteiger charge is 2.41. The van der Waals surface area contributed by atoms with Gasteiger partial charge in [0.1, 0.15) is 17.7 Å². The Labute approximate surface area is 198 Å². The van der Waals surface area contributed by atoms with E-state index in [1.165, 1.54) is 19.1 Å². The SMILES string of the molecule is Cc1cc2cc(F)ccc2nc1N[C@H](c1ccc(C(=O)N[C@@H](C)C(=O)O)cc1)C1CC(C)(C)C1. The van der Waals surface area contributed by atoms with Gasteiger partial charge >= 0.3 is 5.97 Å². The number of rotatable bonds is 7. The van der Waals surface area contributed by atoms with Crippen molar-refractivity contribution in [3.8, 4) is 0 Å². The molecule has 1 aliphatic rings. The predicted octanol–water partition coefficient (Wildman–Crippen LogP) is 5.47. The topological polar surface area (TPSA) is 91.3 Å². The van der Waals surface area contributed by atoms with Crippen LogP contribution in [0.25, 0.3) is 10.9 Å². The summed E-state index contributed by atoms with van der Waals surface area (Å²) in [5.41, 5.74) is 3.37. The van der Waals surface area contributed by atoms with Crippen molar-refractivity contribution in [2.24, 2.45) is 11.3 Å². The van der Waals surface area contributed by atoms with Gasteiger partial charge < -0.3 is 15.7 Å². The maximum Gasteiger partial charge on any atom is 0.325 e. The summed E-state index contributed by atoms with van der Waals surface area (Å²) in [5, 5.41) is 15.9. The Bertz CT molecular complexity index is 1230. The average molecular weight is 464 g/mol. The number of carbonyl (C=O) groups is 2. The molecule has 2 aromatic carbocycles. The van der Waals surface area contributed by atoms with E-state index in [2.05, 4.69) is 24.5 Å². The summed E-state index contributed by atoms with van der Waals surface area (Å²) in [5.74, 6) is -0.638. The van der Waals surface area contributed by atoms with Crippen LogP contribution in [0.5, 0.6) is 0 Å². The largest absolute Gasteiger partial charge is 0.480 e. The van der Waals surface area contributed by atoms with Gasteiger partial charge in [0.25, 0.3) is 5.91 Å². The Kier molecular flexibility index (Phi) is 6.30. The smallest absolute Gasteiger partial charge is 0.325 e. The van der Waals surface area contributed by atoms with Crippen molar-refractivity contribution in [3.63, 3.8) is 0 Å². The number of pyridine rings is 1. The van der Waals surface area contributed by atoms with Gasteiger partial charge in [-0.1, -0.05) is 26.0 Å². The molecule has 1 saturated carbocycles. The van der Waals surface area contributed by atoms with Crippen molar-refractivity contribution in [2.45, 2.75) is 52.6 Å². The number of halogens is 1. The number of nitrogens with zero attached hydrogens (tertiary/aromatic N) is 1. The molecule has 1 heterocycles. The standard InChI is InChI=1S/C27H30FN3O3/c1-15-11-19-12-21(28)9-10-22(19)30-24(15)31-23(20-13-27(3,4)14-20)17-5-7-18(8-6-17)25(32)29-16(2)26(33)34/h5-12,16,20,23H,13-14H2,1-4H3,(H,29,32)(H,30,31)(H,33,34)/t16-,23+/m0/s1. The molecule has 0 unspecified atom stereocenters. The van der Waals surface area contributed by atoms with Gasteiger partial charge in [0.2, 0.25) is 0 Å². The second kappa shape index (κ2) is 9.05. The minimum atomic E-state index is -1.08. The molecule has 1 aromatic heterocycles. The van der Waals surface area contributed by atoms with E-state index >= 15 is 0 Å². The van der Waals surface area contributed by atoms with E-state index in [1.807, 2.05) is 25.1 Å². The zero-order valence-electron chi connectivity index (χ0n) is 19.9. The minimum Gasteiger partial charge on any atom is -0.480 e. The van der Waals surface area contributed by atoms with Crippen LogP contribution in [0.15, 0.2) is 48.5 Å². The number of anilines is 1. The maximum atomic E-state index is 13.6. The lowest BCUT2D eigenvalue weighted by Crippen LogP contribution is -2.39. The zero-order chi connectivity index (χ0) is 24.6. The first kappa shape index (κ1) is 23.7. The number of carboxylic acid groups (broad SMARTS) is 1. The number of carbonyl (C=O) groups excluding carboxylic acids is 1. The van der Waals surface area contributed by atoms with Crippen molar-refractivity contribution in [3.05, 3.63) is 71.0 Å². The Hall–Kier alpha value is -3.48. The van der Waals surface area contributed by atoms with Gasteiger partial charge in [0.05, 0.1) is 11.6 Å². The number of aliphatic carboxylic acids is 1. The fourth-order valence-corrected chi connectivity index (χ4v) is 4.80. The van der Waals surface area contributed by atoms with E-state index in [4.69, 9.17) is 10.1 Å². The van der Waals surface area contributed by atoms with Crippen LogP contribution in [0.1, 0.15) is 61.1 Å². The van der Waals surface area contributed by atoms with Crippen LogP contribution >= 0.6 is 0 Å². The first-order valence-corrected chi connectivity index (χ1v) is 11.5. The van der Waals surface area contributed by atoms with Gasteiger partial charge in [-0.3, -0.25) is 9.59 Å². The fourth-order valence-electron chi connectivity index (χ4n) is 4.80. The molecule has 1 amide bonds. The molecule has 0 bridgehead atoms. The van der Waals surface area contributed by atoms with Crippen LogP contribution in [-0.2, 0) is 4.79 Å². The number of hydrogen-bond donors (Lipinski definition) is 3. The normalized spacial score (nSPS) is 17.0. The monoisotopic (exact) mass is 463 g/mol. The molecular weight excluding hydrogens is 433 g/mol. The molecule has 0 saturated heterocycles. The molecular formula is C27H30FN3O3. The molecule has 4 rings (SSSR count). The molecule has 7 heteroatoms. The lowest BCUT2D eigenvalue weighted by atomic mass is 9.61. The third-order valence-electron chi connectivity index (χ3n) is 6.61. The summed E-state index contributed by atoms with van der Waals surface area (Å²) in [4.78, 5) is 28.2. The Morgan fingerprint density at radius 1 is 1.12 bits per heavy atom. The van der Waals surface area contributed by atoms with Gasteiger partial charge in [0.15, 0.2) is 0 Å². The first-order valence-electron chi connectivity index (χ1n) is 11.5. The van der Waals surface area contributed by atoms with Gasteiger partial charge in [-0.2, -0.15) is 0 Å². The summed E-state index contributed by atoms with van der Waals surface area (Å²) in [6.07, 6.45) is 2.11. The van der Waals surface area contributed by atoms with E-state index in [0.29, 0.717) is 11.5 Å². The third kappa shape index (κ3) is 5.03. The van der Waals surface area contributed by atoms with E-state index in [1.54, 1.807) is 18.2 Å². The molecule has 3 aromatic rings. The average Bonchev–Trinajstić information content (AvgIpc) is 2.76. The van der Waals surface area contributed by atoms with Crippen LogP contribution in [0, 0.1) is 24.1 Å². The minimum absolute atomic E-state index is 0.00724. The van der Waals surface area contributed by atoms with Gasteiger partial charge in [-0.25, -0.2) is 9.37 Å². The molecule has 3 N–H and O–H groups in total. The Morgan fingerprint density at radius 2 is 1.79 bits per heavy atom. The maximum absolute atomic E-state index is 13.6. The Balaban J connectivity index is 1.60. The number of nitrogens with one attached hydrogen (secondary N) is 2. The van der Waals surface area contributed by atoms with Crippen molar-refractivity contribution < 1.29 is 19.1 Å². The number of hydrogen-bond acceptors (Lipinski definition) is 4. The quantitative estimate of drug-likeness (QED) is 0.432. The summed E-state index contributed by atoms with van der Waals surface area (Å²) in [6.45, 7) is 7.90. The molecule has 0 radical (unpaired) electrons. The zero-order valence-corrected chi connectivity index (χ0v) is 19.9. The first-order chi connectivity index (χ1) is 16.0. The number of aryl methyl sites for hydroxylation is 1. The van der Waals surface area contributed by atoms with E-state index in [9.17, 15) is 14.0 Å².